The molecule has 1 aliphatic carbocycles. The molecule has 1 N–H and O–H groups in total. The van der Waals surface area contributed by atoms with Gasteiger partial charge >= 0.3 is 0 Å². The first-order chi connectivity index (χ1) is 14.3. The van der Waals surface area contributed by atoms with Gasteiger partial charge in [-0.3, -0.25) is 9.89 Å². The fourth-order valence-corrected chi connectivity index (χ4v) is 4.89. The number of ether oxygens (including phenoxy) is 2. The number of rotatable bonds is 6. The first kappa shape index (κ1) is 23.8. The lowest BCUT2D eigenvalue weighted by atomic mass is 9.89. The average Bonchev–Trinajstić information content (AvgIpc) is 3.27. The van der Waals surface area contributed by atoms with Crippen LogP contribution in [-0.4, -0.2) is 81.4 Å². The minimum atomic E-state index is 0. The van der Waals surface area contributed by atoms with E-state index in [1.54, 1.807) is 0 Å². The molecule has 0 bridgehead atoms. The summed E-state index contributed by atoms with van der Waals surface area (Å²) in [6, 6.07) is 9.38. The Labute approximate surface area is 198 Å². The van der Waals surface area contributed by atoms with E-state index in [1.165, 1.54) is 30.4 Å². The highest BCUT2D eigenvalue weighted by atomic mass is 127. The van der Waals surface area contributed by atoms with Crippen molar-refractivity contribution in [2.45, 2.75) is 44.2 Å². The van der Waals surface area contributed by atoms with Gasteiger partial charge in [0.15, 0.2) is 5.96 Å². The molecule has 6 nitrogen and oxygen atoms in total. The predicted molar refractivity (Wildman–Crippen MR) is 132 cm³/mol. The van der Waals surface area contributed by atoms with Gasteiger partial charge in [-0.1, -0.05) is 24.3 Å². The molecule has 2 unspecified atom stereocenters. The van der Waals surface area contributed by atoms with Gasteiger partial charge in [-0.2, -0.15) is 0 Å². The van der Waals surface area contributed by atoms with Crippen molar-refractivity contribution >= 4 is 29.9 Å². The van der Waals surface area contributed by atoms with Crippen molar-refractivity contribution in [3.05, 3.63) is 35.4 Å². The Morgan fingerprint density at radius 3 is 2.87 bits per heavy atom. The number of nitrogens with one attached hydrogen (secondary N) is 1. The molecule has 1 aromatic carbocycles. The summed E-state index contributed by atoms with van der Waals surface area (Å²) in [7, 11) is 1.89. The molecule has 1 aromatic rings. The summed E-state index contributed by atoms with van der Waals surface area (Å²) in [4.78, 5) is 9.49. The standard InChI is InChI=1S/C23H36N4O2.HI/c1-24-23(27-12-10-20(18-27)26-13-16-28-17-14-26)25-11-5-15-29-22-9-4-7-19-6-2-3-8-21(19)22;/h2-3,6,8,20,22H,4-5,7,9-18H2,1H3,(H,24,25);1H. The van der Waals surface area contributed by atoms with E-state index in [0.717, 1.165) is 71.3 Å². The quantitative estimate of drug-likeness (QED) is 0.266. The number of aryl methyl sites for hydroxylation is 1. The second kappa shape index (κ2) is 12.2. The molecule has 2 fully saturated rings. The van der Waals surface area contributed by atoms with E-state index in [1.807, 2.05) is 7.05 Å². The summed E-state index contributed by atoms with van der Waals surface area (Å²) in [5.74, 6) is 1.03. The lowest BCUT2D eigenvalue weighted by Crippen LogP contribution is -2.46. The molecular formula is C23H37IN4O2. The second-order valence-electron chi connectivity index (χ2n) is 8.31. The maximum atomic E-state index is 6.23. The molecule has 2 heterocycles. The van der Waals surface area contributed by atoms with Gasteiger partial charge < -0.3 is 19.7 Å². The summed E-state index contributed by atoms with van der Waals surface area (Å²) >= 11 is 0. The Morgan fingerprint density at radius 2 is 2.03 bits per heavy atom. The van der Waals surface area contributed by atoms with Crippen LogP contribution >= 0.6 is 24.0 Å². The maximum Gasteiger partial charge on any atom is 0.193 e. The van der Waals surface area contributed by atoms with Crippen LogP contribution < -0.4 is 5.32 Å². The van der Waals surface area contributed by atoms with Crippen LogP contribution in [0.2, 0.25) is 0 Å². The molecule has 4 rings (SSSR count). The van der Waals surface area contributed by atoms with Crippen molar-refractivity contribution < 1.29 is 9.47 Å². The first-order valence-electron chi connectivity index (χ1n) is 11.3. The monoisotopic (exact) mass is 528 g/mol. The molecule has 2 aliphatic heterocycles. The number of nitrogens with zero attached hydrogens (tertiary/aromatic N) is 3. The number of hydrogen-bond acceptors (Lipinski definition) is 4. The summed E-state index contributed by atoms with van der Waals surface area (Å²) in [5, 5.41) is 3.54. The molecule has 0 radical (unpaired) electrons. The molecule has 30 heavy (non-hydrogen) atoms. The van der Waals surface area contributed by atoms with Crippen LogP contribution in [0.1, 0.15) is 42.9 Å². The van der Waals surface area contributed by atoms with E-state index < -0.39 is 0 Å². The Morgan fingerprint density at radius 1 is 1.20 bits per heavy atom. The summed E-state index contributed by atoms with van der Waals surface area (Å²) in [5.41, 5.74) is 2.86. The largest absolute Gasteiger partial charge is 0.379 e. The molecule has 0 aromatic heterocycles. The smallest absolute Gasteiger partial charge is 0.193 e. The summed E-state index contributed by atoms with van der Waals surface area (Å²) < 4.78 is 11.7. The van der Waals surface area contributed by atoms with Gasteiger partial charge in [-0.25, -0.2) is 0 Å². The third kappa shape index (κ3) is 6.08. The van der Waals surface area contributed by atoms with E-state index >= 15 is 0 Å². The highest BCUT2D eigenvalue weighted by Crippen LogP contribution is 2.32. The number of fused-ring (bicyclic) bond motifs is 1. The normalized spacial score (nSPS) is 25.0. The fraction of sp³-hybridized carbons (Fsp3) is 0.696. The lowest BCUT2D eigenvalue weighted by Gasteiger charge is -2.32. The van der Waals surface area contributed by atoms with Crippen LogP contribution in [0.15, 0.2) is 29.3 Å². The number of aliphatic imine (C=N–C) groups is 1. The Kier molecular flexibility index (Phi) is 9.67. The fourth-order valence-electron chi connectivity index (χ4n) is 4.89. The van der Waals surface area contributed by atoms with Gasteiger partial charge in [0.25, 0.3) is 0 Å². The zero-order chi connectivity index (χ0) is 19.9. The maximum absolute atomic E-state index is 6.23. The molecule has 2 atom stereocenters. The van der Waals surface area contributed by atoms with Gasteiger partial charge in [-0.15, -0.1) is 24.0 Å². The minimum absolute atomic E-state index is 0. The number of hydrogen-bond donors (Lipinski definition) is 1. The molecule has 2 saturated heterocycles. The van der Waals surface area contributed by atoms with E-state index in [2.05, 4.69) is 44.4 Å². The van der Waals surface area contributed by atoms with Gasteiger partial charge in [0, 0.05) is 52.4 Å². The van der Waals surface area contributed by atoms with E-state index in [4.69, 9.17) is 9.47 Å². The minimum Gasteiger partial charge on any atom is -0.379 e. The number of morpholine rings is 1. The highest BCUT2D eigenvalue weighted by molar-refractivity contribution is 14.0. The van der Waals surface area contributed by atoms with Crippen LogP contribution in [0.3, 0.4) is 0 Å². The van der Waals surface area contributed by atoms with Crippen molar-refractivity contribution in [3.63, 3.8) is 0 Å². The first-order valence-corrected chi connectivity index (χ1v) is 11.3. The SMILES string of the molecule is CN=C(NCCCOC1CCCc2ccccc21)N1CCC(N2CCOCC2)C1.I. The van der Waals surface area contributed by atoms with E-state index in [-0.39, 0.29) is 30.1 Å². The van der Waals surface area contributed by atoms with Crippen LogP contribution in [0.5, 0.6) is 0 Å². The van der Waals surface area contributed by atoms with Crippen molar-refractivity contribution in [2.75, 3.05) is 59.6 Å². The van der Waals surface area contributed by atoms with Crippen LogP contribution in [0.4, 0.5) is 0 Å². The number of guanidine groups is 1. The Hall–Kier alpha value is -0.900. The number of benzene rings is 1. The van der Waals surface area contributed by atoms with Crippen LogP contribution in [-0.2, 0) is 15.9 Å². The third-order valence-electron chi connectivity index (χ3n) is 6.47. The van der Waals surface area contributed by atoms with E-state index in [0.29, 0.717) is 6.04 Å². The van der Waals surface area contributed by atoms with Gasteiger partial charge in [-0.05, 0) is 43.2 Å². The Balaban J connectivity index is 0.00000256. The van der Waals surface area contributed by atoms with E-state index in [9.17, 15) is 0 Å². The van der Waals surface area contributed by atoms with Gasteiger partial charge in [0.1, 0.15) is 0 Å². The van der Waals surface area contributed by atoms with Crippen molar-refractivity contribution in [2.24, 2.45) is 4.99 Å². The molecule has 7 heteroatoms. The third-order valence-corrected chi connectivity index (χ3v) is 6.47. The van der Waals surface area contributed by atoms with Crippen LogP contribution in [0.25, 0.3) is 0 Å². The van der Waals surface area contributed by atoms with Crippen molar-refractivity contribution in [1.82, 2.24) is 15.1 Å². The molecule has 0 saturated carbocycles. The average molecular weight is 528 g/mol. The van der Waals surface area contributed by atoms with Crippen molar-refractivity contribution in [3.8, 4) is 0 Å². The Bertz CT molecular complexity index is 681. The summed E-state index contributed by atoms with van der Waals surface area (Å²) in [6.45, 7) is 7.70. The second-order valence-corrected chi connectivity index (χ2v) is 8.31. The topological polar surface area (TPSA) is 49.3 Å². The summed E-state index contributed by atoms with van der Waals surface area (Å²) in [6.07, 6.45) is 6.04. The van der Waals surface area contributed by atoms with Crippen LogP contribution in [0, 0.1) is 0 Å². The molecular weight excluding hydrogens is 491 g/mol. The zero-order valence-corrected chi connectivity index (χ0v) is 20.6. The molecule has 168 valence electrons. The molecule has 3 aliphatic rings. The molecule has 0 spiro atoms. The van der Waals surface area contributed by atoms with Gasteiger partial charge in [0.05, 0.1) is 19.3 Å². The number of likely N-dealkylation sites (tertiary alicyclic amines) is 1. The molecule has 0 amide bonds. The lowest BCUT2D eigenvalue weighted by molar-refractivity contribution is 0.0194. The predicted octanol–water partition coefficient (Wildman–Crippen LogP) is 3.07. The van der Waals surface area contributed by atoms with Crippen molar-refractivity contribution in [1.29, 1.82) is 0 Å². The highest BCUT2D eigenvalue weighted by Gasteiger charge is 2.30. The van der Waals surface area contributed by atoms with Gasteiger partial charge in [0.2, 0.25) is 0 Å². The zero-order valence-electron chi connectivity index (χ0n) is 18.2. The number of halogens is 1.